The summed E-state index contributed by atoms with van der Waals surface area (Å²) < 4.78 is 10.4. The number of nitrogens with zero attached hydrogens (tertiary/aromatic N) is 3. The molecule has 0 unspecified atom stereocenters. The lowest BCUT2D eigenvalue weighted by Crippen LogP contribution is -2.12. The molecule has 0 bridgehead atoms. The number of amides is 1. The summed E-state index contributed by atoms with van der Waals surface area (Å²) in [5.41, 5.74) is 1.92. The Morgan fingerprint density at radius 2 is 1.79 bits per heavy atom. The van der Waals surface area contributed by atoms with Crippen molar-refractivity contribution in [1.29, 1.82) is 0 Å². The molecular formula is C16H15N5O3. The van der Waals surface area contributed by atoms with Crippen LogP contribution in [0.3, 0.4) is 0 Å². The van der Waals surface area contributed by atoms with Gasteiger partial charge in [0.25, 0.3) is 5.91 Å². The minimum Gasteiger partial charge on any atom is -0.493 e. The van der Waals surface area contributed by atoms with Crippen LogP contribution in [0, 0.1) is 0 Å². The van der Waals surface area contributed by atoms with E-state index >= 15 is 0 Å². The quantitative estimate of drug-likeness (QED) is 0.745. The fourth-order valence-corrected chi connectivity index (χ4v) is 2.17. The third-order valence-corrected chi connectivity index (χ3v) is 3.39. The van der Waals surface area contributed by atoms with E-state index < -0.39 is 0 Å². The van der Waals surface area contributed by atoms with Crippen LogP contribution in [-0.4, -0.2) is 40.8 Å². The van der Waals surface area contributed by atoms with Crippen LogP contribution in [0.2, 0.25) is 0 Å². The fraction of sp³-hybridized carbons (Fsp3) is 0.125. The zero-order valence-corrected chi connectivity index (χ0v) is 13.1. The van der Waals surface area contributed by atoms with Crippen molar-refractivity contribution in [3.8, 4) is 22.9 Å². The molecule has 1 heterocycles. The summed E-state index contributed by atoms with van der Waals surface area (Å²) in [6, 6.07) is 12.1. The highest BCUT2D eigenvalue weighted by Crippen LogP contribution is 2.28. The normalized spacial score (nSPS) is 10.2. The molecule has 2 aromatic carbocycles. The Hall–Kier alpha value is -3.42. The van der Waals surface area contributed by atoms with Crippen LogP contribution in [0.5, 0.6) is 11.5 Å². The molecular weight excluding hydrogens is 310 g/mol. The average Bonchev–Trinajstić information content (AvgIpc) is 3.16. The summed E-state index contributed by atoms with van der Waals surface area (Å²) >= 11 is 0. The van der Waals surface area contributed by atoms with E-state index in [0.29, 0.717) is 28.6 Å². The Kier molecular flexibility index (Phi) is 4.37. The molecule has 0 atom stereocenters. The standard InChI is InChI=1S/C16H15N5O3/c1-23-13-8-5-11(9-14(13)24-2)16(22)17-12-6-3-10(4-7-12)15-18-20-21-19-15/h3-9H,1-2H3,(H,17,22)(H,18,19,20,21). The van der Waals surface area contributed by atoms with Crippen LogP contribution >= 0.6 is 0 Å². The summed E-state index contributed by atoms with van der Waals surface area (Å²) in [6.45, 7) is 0. The molecule has 24 heavy (non-hydrogen) atoms. The van der Waals surface area contributed by atoms with Gasteiger partial charge in [0.05, 0.1) is 14.2 Å². The van der Waals surface area contributed by atoms with Crippen molar-refractivity contribution in [2.75, 3.05) is 19.5 Å². The summed E-state index contributed by atoms with van der Waals surface area (Å²) in [4.78, 5) is 12.3. The number of hydrogen-bond acceptors (Lipinski definition) is 6. The van der Waals surface area contributed by atoms with Crippen molar-refractivity contribution in [1.82, 2.24) is 20.6 Å². The molecule has 0 saturated heterocycles. The number of rotatable bonds is 5. The first-order chi connectivity index (χ1) is 11.7. The maximum Gasteiger partial charge on any atom is 0.255 e. The lowest BCUT2D eigenvalue weighted by Gasteiger charge is -2.10. The second-order valence-corrected chi connectivity index (χ2v) is 4.84. The number of ether oxygens (including phenoxy) is 2. The average molecular weight is 325 g/mol. The SMILES string of the molecule is COc1ccc(C(=O)Nc2ccc(-c3nn[nH]n3)cc2)cc1OC. The second-order valence-electron chi connectivity index (χ2n) is 4.84. The van der Waals surface area contributed by atoms with Crippen LogP contribution in [0.25, 0.3) is 11.4 Å². The molecule has 3 rings (SSSR count). The molecule has 0 radical (unpaired) electrons. The molecule has 122 valence electrons. The molecule has 0 aliphatic rings. The highest BCUT2D eigenvalue weighted by atomic mass is 16.5. The van der Waals surface area contributed by atoms with E-state index in [0.717, 1.165) is 5.56 Å². The number of nitrogens with one attached hydrogen (secondary N) is 2. The van der Waals surface area contributed by atoms with E-state index in [2.05, 4.69) is 25.9 Å². The number of H-pyrrole nitrogens is 1. The molecule has 2 N–H and O–H groups in total. The number of methoxy groups -OCH3 is 2. The van der Waals surface area contributed by atoms with E-state index in [1.807, 2.05) is 0 Å². The van der Waals surface area contributed by atoms with Crippen LogP contribution in [0.4, 0.5) is 5.69 Å². The van der Waals surface area contributed by atoms with E-state index in [9.17, 15) is 4.79 Å². The van der Waals surface area contributed by atoms with E-state index in [1.165, 1.54) is 7.11 Å². The Morgan fingerprint density at radius 3 is 2.42 bits per heavy atom. The van der Waals surface area contributed by atoms with E-state index in [-0.39, 0.29) is 5.91 Å². The van der Waals surface area contributed by atoms with Crippen molar-refractivity contribution in [2.45, 2.75) is 0 Å². The molecule has 3 aromatic rings. The van der Waals surface area contributed by atoms with Gasteiger partial charge in [-0.25, -0.2) is 0 Å². The van der Waals surface area contributed by atoms with Crippen LogP contribution < -0.4 is 14.8 Å². The number of hydrogen-bond donors (Lipinski definition) is 2. The lowest BCUT2D eigenvalue weighted by molar-refractivity contribution is 0.102. The third kappa shape index (κ3) is 3.17. The van der Waals surface area contributed by atoms with E-state index in [1.54, 1.807) is 49.6 Å². The monoisotopic (exact) mass is 325 g/mol. The number of benzene rings is 2. The molecule has 8 heteroatoms. The predicted octanol–water partition coefficient (Wildman–Crippen LogP) is 2.14. The van der Waals surface area contributed by atoms with Crippen LogP contribution in [-0.2, 0) is 0 Å². The van der Waals surface area contributed by atoms with Crippen molar-refractivity contribution >= 4 is 11.6 Å². The molecule has 0 spiro atoms. The molecule has 0 saturated carbocycles. The number of carbonyl (C=O) groups is 1. The van der Waals surface area contributed by atoms with Gasteiger partial charge in [-0.15, -0.1) is 10.2 Å². The smallest absolute Gasteiger partial charge is 0.255 e. The third-order valence-electron chi connectivity index (χ3n) is 3.39. The molecule has 0 fully saturated rings. The second kappa shape index (κ2) is 6.78. The summed E-state index contributed by atoms with van der Waals surface area (Å²) in [6.07, 6.45) is 0. The highest BCUT2D eigenvalue weighted by Gasteiger charge is 2.11. The van der Waals surface area contributed by atoms with Crippen molar-refractivity contribution in [3.63, 3.8) is 0 Å². The van der Waals surface area contributed by atoms with Gasteiger partial charge >= 0.3 is 0 Å². The maximum atomic E-state index is 12.3. The minimum absolute atomic E-state index is 0.247. The van der Waals surface area contributed by atoms with Gasteiger partial charge in [-0.05, 0) is 47.7 Å². The van der Waals surface area contributed by atoms with Crippen LogP contribution in [0.15, 0.2) is 42.5 Å². The highest BCUT2D eigenvalue weighted by molar-refractivity contribution is 6.04. The first-order valence-electron chi connectivity index (χ1n) is 7.08. The molecule has 1 aromatic heterocycles. The number of carbonyl (C=O) groups excluding carboxylic acids is 1. The minimum atomic E-state index is -0.247. The molecule has 1 amide bonds. The summed E-state index contributed by atoms with van der Waals surface area (Å²) in [7, 11) is 3.07. The number of aromatic amines is 1. The van der Waals surface area contributed by atoms with Gasteiger partial charge in [0.1, 0.15) is 0 Å². The Labute approximate surface area is 137 Å². The Bertz CT molecular complexity index is 831. The van der Waals surface area contributed by atoms with Gasteiger partial charge in [0.2, 0.25) is 5.82 Å². The maximum absolute atomic E-state index is 12.3. The Morgan fingerprint density at radius 1 is 1.04 bits per heavy atom. The first-order valence-corrected chi connectivity index (χ1v) is 7.08. The number of tetrazole rings is 1. The largest absolute Gasteiger partial charge is 0.493 e. The van der Waals surface area contributed by atoms with Gasteiger partial charge in [-0.1, -0.05) is 0 Å². The zero-order chi connectivity index (χ0) is 16.9. The molecule has 0 aliphatic heterocycles. The zero-order valence-electron chi connectivity index (χ0n) is 13.1. The summed E-state index contributed by atoms with van der Waals surface area (Å²) in [5, 5.41) is 16.5. The number of anilines is 1. The first kappa shape index (κ1) is 15.5. The van der Waals surface area contributed by atoms with Crippen molar-refractivity contribution in [3.05, 3.63) is 48.0 Å². The topological polar surface area (TPSA) is 102 Å². The van der Waals surface area contributed by atoms with E-state index in [4.69, 9.17) is 9.47 Å². The predicted molar refractivity (Wildman–Crippen MR) is 87.1 cm³/mol. The lowest BCUT2D eigenvalue weighted by atomic mass is 10.1. The van der Waals surface area contributed by atoms with Gasteiger partial charge in [0.15, 0.2) is 11.5 Å². The van der Waals surface area contributed by atoms with Crippen molar-refractivity contribution in [2.24, 2.45) is 0 Å². The van der Waals surface area contributed by atoms with Gasteiger partial charge in [-0.2, -0.15) is 5.21 Å². The number of aromatic nitrogens is 4. The Balaban J connectivity index is 1.75. The fourth-order valence-electron chi connectivity index (χ4n) is 2.17. The van der Waals surface area contributed by atoms with Gasteiger partial charge < -0.3 is 14.8 Å². The summed E-state index contributed by atoms with van der Waals surface area (Å²) in [5.74, 6) is 1.31. The van der Waals surface area contributed by atoms with Gasteiger partial charge in [0, 0.05) is 16.8 Å². The van der Waals surface area contributed by atoms with Crippen molar-refractivity contribution < 1.29 is 14.3 Å². The van der Waals surface area contributed by atoms with Crippen LogP contribution in [0.1, 0.15) is 10.4 Å². The molecule has 0 aliphatic carbocycles. The van der Waals surface area contributed by atoms with Gasteiger partial charge in [-0.3, -0.25) is 4.79 Å². The molecule has 8 nitrogen and oxygen atoms in total.